The average molecular weight is 303 g/mol. The molecule has 1 amide bonds. The first-order valence-corrected chi connectivity index (χ1v) is 6.57. The molecule has 0 unspecified atom stereocenters. The van der Waals surface area contributed by atoms with Gasteiger partial charge in [-0.05, 0) is 29.3 Å². The van der Waals surface area contributed by atoms with Crippen LogP contribution in [0.25, 0.3) is 0 Å². The molecule has 1 heterocycles. The molecule has 1 aromatic rings. The number of amides is 1. The Morgan fingerprint density at radius 1 is 1.47 bits per heavy atom. The highest BCUT2D eigenvalue weighted by Gasteiger charge is 2.12. The van der Waals surface area contributed by atoms with Gasteiger partial charge >= 0.3 is 0 Å². The van der Waals surface area contributed by atoms with Gasteiger partial charge in [0.05, 0.1) is 22.4 Å². The van der Waals surface area contributed by atoms with Gasteiger partial charge in [0.1, 0.15) is 0 Å². The van der Waals surface area contributed by atoms with Gasteiger partial charge in [-0.1, -0.05) is 6.92 Å². The third-order valence-corrected chi connectivity index (χ3v) is 3.37. The summed E-state index contributed by atoms with van der Waals surface area (Å²) < 4.78 is 2.87. The molecule has 0 spiro atoms. The molecule has 2 N–H and O–H groups in total. The van der Waals surface area contributed by atoms with Crippen LogP contribution in [0.2, 0.25) is 0 Å². The maximum Gasteiger partial charge on any atom is 0.233 e. The van der Waals surface area contributed by atoms with Crippen molar-refractivity contribution >= 4 is 21.8 Å². The van der Waals surface area contributed by atoms with Crippen LogP contribution >= 0.6 is 15.9 Å². The van der Waals surface area contributed by atoms with Gasteiger partial charge < -0.3 is 10.6 Å². The van der Waals surface area contributed by atoms with Crippen molar-refractivity contribution in [3.63, 3.8) is 0 Å². The molecule has 0 saturated heterocycles. The molecule has 1 aromatic heterocycles. The van der Waals surface area contributed by atoms with E-state index in [-0.39, 0.29) is 5.91 Å². The van der Waals surface area contributed by atoms with Crippen molar-refractivity contribution in [2.75, 3.05) is 13.1 Å². The second-order valence-electron chi connectivity index (χ2n) is 3.74. The third-order valence-electron chi connectivity index (χ3n) is 2.45. The molecule has 1 rings (SSSR count). The Morgan fingerprint density at radius 3 is 2.71 bits per heavy atom. The van der Waals surface area contributed by atoms with E-state index in [0.717, 1.165) is 22.3 Å². The predicted molar refractivity (Wildman–Crippen MR) is 70.7 cm³/mol. The lowest BCUT2D eigenvalue weighted by Crippen LogP contribution is -2.33. The fourth-order valence-corrected chi connectivity index (χ4v) is 2.32. The van der Waals surface area contributed by atoms with Gasteiger partial charge in [-0.25, -0.2) is 0 Å². The quantitative estimate of drug-likeness (QED) is 0.823. The molecule has 96 valence electrons. The molecule has 0 aromatic carbocycles. The summed E-state index contributed by atoms with van der Waals surface area (Å²) in [6, 6.07) is 0. The van der Waals surface area contributed by atoms with E-state index in [1.807, 2.05) is 18.7 Å². The molecular formula is C11H19BrN4O. The summed E-state index contributed by atoms with van der Waals surface area (Å²) in [5.74, 6) is 0.0153. The summed E-state index contributed by atoms with van der Waals surface area (Å²) in [6.45, 7) is 5.59. The zero-order chi connectivity index (χ0) is 12.8. The SMILES string of the molecule is CCNC(=O)CNCc1c(Br)c(CC)nn1C. The van der Waals surface area contributed by atoms with Crippen LogP contribution in [0.4, 0.5) is 0 Å². The van der Waals surface area contributed by atoms with Crippen LogP contribution in [0.5, 0.6) is 0 Å². The largest absolute Gasteiger partial charge is 0.355 e. The summed E-state index contributed by atoms with van der Waals surface area (Å²) in [5.41, 5.74) is 2.11. The summed E-state index contributed by atoms with van der Waals surface area (Å²) in [6.07, 6.45) is 0.894. The predicted octanol–water partition coefficient (Wildman–Crippen LogP) is 0.971. The van der Waals surface area contributed by atoms with Crippen molar-refractivity contribution in [1.82, 2.24) is 20.4 Å². The second kappa shape index (κ2) is 6.76. The topological polar surface area (TPSA) is 59.0 Å². The third kappa shape index (κ3) is 3.81. The molecular weight excluding hydrogens is 284 g/mol. The van der Waals surface area contributed by atoms with E-state index < -0.39 is 0 Å². The number of hydrogen-bond acceptors (Lipinski definition) is 3. The molecule has 0 aliphatic rings. The zero-order valence-electron chi connectivity index (χ0n) is 10.5. The Kier molecular flexibility index (Phi) is 5.64. The number of carbonyl (C=O) groups excluding carboxylic acids is 1. The number of nitrogens with zero attached hydrogens (tertiary/aromatic N) is 2. The first-order chi connectivity index (χ1) is 8.10. The molecule has 0 fully saturated rings. The van der Waals surface area contributed by atoms with Gasteiger partial charge in [0.2, 0.25) is 5.91 Å². The highest BCUT2D eigenvalue weighted by Crippen LogP contribution is 2.21. The Morgan fingerprint density at radius 2 is 2.18 bits per heavy atom. The van der Waals surface area contributed by atoms with E-state index in [4.69, 9.17) is 0 Å². The molecule has 0 aliphatic carbocycles. The molecule has 0 radical (unpaired) electrons. The lowest BCUT2D eigenvalue weighted by molar-refractivity contribution is -0.120. The first-order valence-electron chi connectivity index (χ1n) is 5.77. The van der Waals surface area contributed by atoms with E-state index in [1.54, 1.807) is 0 Å². The molecule has 0 aliphatic heterocycles. The van der Waals surface area contributed by atoms with Gasteiger partial charge in [-0.15, -0.1) is 0 Å². The summed E-state index contributed by atoms with van der Waals surface area (Å²) >= 11 is 3.54. The smallest absolute Gasteiger partial charge is 0.233 e. The van der Waals surface area contributed by atoms with E-state index in [0.29, 0.717) is 19.6 Å². The fraction of sp³-hybridized carbons (Fsp3) is 0.636. The Hall–Kier alpha value is -0.880. The summed E-state index contributed by atoms with van der Waals surface area (Å²) in [5, 5.41) is 10.2. The van der Waals surface area contributed by atoms with Gasteiger partial charge in [0, 0.05) is 20.1 Å². The van der Waals surface area contributed by atoms with Crippen LogP contribution in [-0.4, -0.2) is 28.8 Å². The van der Waals surface area contributed by atoms with Gasteiger partial charge in [0.25, 0.3) is 0 Å². The maximum atomic E-state index is 11.3. The summed E-state index contributed by atoms with van der Waals surface area (Å²) in [4.78, 5) is 11.3. The minimum absolute atomic E-state index is 0.0153. The maximum absolute atomic E-state index is 11.3. The van der Waals surface area contributed by atoms with Crippen molar-refractivity contribution in [3.8, 4) is 0 Å². The summed E-state index contributed by atoms with van der Waals surface area (Å²) in [7, 11) is 1.91. The minimum Gasteiger partial charge on any atom is -0.355 e. The number of halogens is 1. The van der Waals surface area contributed by atoms with Crippen LogP contribution in [0.15, 0.2) is 4.47 Å². The van der Waals surface area contributed by atoms with Gasteiger partial charge in [-0.3, -0.25) is 9.48 Å². The van der Waals surface area contributed by atoms with Crippen LogP contribution in [0.1, 0.15) is 25.2 Å². The number of nitrogens with one attached hydrogen (secondary N) is 2. The van der Waals surface area contributed by atoms with Gasteiger partial charge in [0.15, 0.2) is 0 Å². The Bertz CT molecular complexity index is 389. The highest BCUT2D eigenvalue weighted by molar-refractivity contribution is 9.10. The standard InChI is InChI=1S/C11H19BrN4O/c1-4-8-11(12)9(16(3)15-8)6-13-7-10(17)14-5-2/h13H,4-7H2,1-3H3,(H,14,17). The number of aryl methyl sites for hydroxylation is 2. The Balaban J connectivity index is 2.52. The molecule has 0 bridgehead atoms. The van der Waals surface area contributed by atoms with E-state index in [1.165, 1.54) is 0 Å². The van der Waals surface area contributed by atoms with E-state index in [9.17, 15) is 4.79 Å². The van der Waals surface area contributed by atoms with Crippen LogP contribution in [0, 0.1) is 0 Å². The number of hydrogen-bond donors (Lipinski definition) is 2. The highest BCUT2D eigenvalue weighted by atomic mass is 79.9. The van der Waals surface area contributed by atoms with Crippen molar-refractivity contribution in [2.45, 2.75) is 26.8 Å². The average Bonchev–Trinajstić information content (AvgIpc) is 2.56. The normalized spacial score (nSPS) is 10.6. The zero-order valence-corrected chi connectivity index (χ0v) is 12.1. The van der Waals surface area contributed by atoms with Crippen LogP contribution in [-0.2, 0) is 24.8 Å². The lowest BCUT2D eigenvalue weighted by Gasteiger charge is -2.06. The number of likely N-dealkylation sites (N-methyl/N-ethyl adjacent to an activating group) is 1. The van der Waals surface area contributed by atoms with Crippen LogP contribution < -0.4 is 10.6 Å². The van der Waals surface area contributed by atoms with Crippen molar-refractivity contribution < 1.29 is 4.79 Å². The minimum atomic E-state index is 0.0153. The number of aromatic nitrogens is 2. The monoisotopic (exact) mass is 302 g/mol. The lowest BCUT2D eigenvalue weighted by atomic mass is 10.3. The molecule has 0 atom stereocenters. The van der Waals surface area contributed by atoms with Crippen molar-refractivity contribution in [1.29, 1.82) is 0 Å². The van der Waals surface area contributed by atoms with Gasteiger partial charge in [-0.2, -0.15) is 5.10 Å². The fourth-order valence-electron chi connectivity index (χ4n) is 1.57. The molecule has 6 heteroatoms. The van der Waals surface area contributed by atoms with Crippen molar-refractivity contribution in [3.05, 3.63) is 15.9 Å². The molecule has 0 saturated carbocycles. The second-order valence-corrected chi connectivity index (χ2v) is 4.53. The Labute approximate surface area is 110 Å². The first kappa shape index (κ1) is 14.2. The number of rotatable bonds is 6. The van der Waals surface area contributed by atoms with Crippen LogP contribution in [0.3, 0.4) is 0 Å². The van der Waals surface area contributed by atoms with E-state index >= 15 is 0 Å². The molecule has 17 heavy (non-hydrogen) atoms. The number of carbonyl (C=O) groups is 1. The van der Waals surface area contributed by atoms with E-state index in [2.05, 4.69) is 38.6 Å². The van der Waals surface area contributed by atoms with Crippen molar-refractivity contribution in [2.24, 2.45) is 7.05 Å². The molecule has 5 nitrogen and oxygen atoms in total.